The zero-order valence-electron chi connectivity index (χ0n) is 27.3. The van der Waals surface area contributed by atoms with Gasteiger partial charge in [-0.05, 0) is 83.6 Å². The van der Waals surface area contributed by atoms with E-state index >= 15 is 0 Å². The van der Waals surface area contributed by atoms with E-state index in [4.69, 9.17) is 24.7 Å². The van der Waals surface area contributed by atoms with E-state index in [1.54, 1.807) is 63.0 Å². The number of methoxy groups -OCH3 is 2. The number of nitrogens with zero attached hydrogens (tertiary/aromatic N) is 4. The van der Waals surface area contributed by atoms with Crippen molar-refractivity contribution in [2.45, 2.75) is 0 Å². The summed E-state index contributed by atoms with van der Waals surface area (Å²) in [7, 11) is 3.22. The van der Waals surface area contributed by atoms with Gasteiger partial charge < -0.3 is 40.4 Å². The second-order valence-electron chi connectivity index (χ2n) is 10.5. The van der Waals surface area contributed by atoms with Gasteiger partial charge in [-0.15, -0.1) is 0 Å². The Morgan fingerprint density at radius 1 is 0.640 bits per heavy atom. The number of rotatable bonds is 12. The summed E-state index contributed by atoms with van der Waals surface area (Å²) in [5.74, 6) is 0.0289. The quantitative estimate of drug-likeness (QED) is 0.125. The molecule has 6 aromatic rings. The fourth-order valence-corrected chi connectivity index (χ4v) is 4.69. The van der Waals surface area contributed by atoms with Crippen LogP contribution < -0.4 is 25.8 Å². The maximum Gasteiger partial charge on any atom is 0.278 e. The third-order valence-corrected chi connectivity index (χ3v) is 7.08. The van der Waals surface area contributed by atoms with Crippen LogP contribution in [0.2, 0.25) is 0 Å². The summed E-state index contributed by atoms with van der Waals surface area (Å²) in [5, 5.41) is 18.7. The first-order valence-corrected chi connectivity index (χ1v) is 15.4. The fourth-order valence-electron chi connectivity index (χ4n) is 4.69. The number of aromatic nitrogens is 4. The molecule has 14 heteroatoms. The number of amides is 2. The highest BCUT2D eigenvalue weighted by atomic mass is 16.5. The molecule has 4 heterocycles. The molecule has 0 unspecified atom stereocenters. The van der Waals surface area contributed by atoms with Crippen LogP contribution in [0.3, 0.4) is 0 Å². The van der Waals surface area contributed by atoms with Crippen molar-refractivity contribution < 1.29 is 33.6 Å². The van der Waals surface area contributed by atoms with Crippen LogP contribution in [-0.2, 0) is 9.47 Å². The van der Waals surface area contributed by atoms with Gasteiger partial charge in [0.25, 0.3) is 11.8 Å². The number of ether oxygens (including phenoxy) is 4. The van der Waals surface area contributed by atoms with Gasteiger partial charge >= 0.3 is 0 Å². The number of nitrogen functional groups attached to an aromatic ring is 1. The lowest BCUT2D eigenvalue weighted by atomic mass is 10.1. The van der Waals surface area contributed by atoms with Crippen molar-refractivity contribution in [1.29, 1.82) is 0 Å². The van der Waals surface area contributed by atoms with E-state index in [0.717, 1.165) is 21.5 Å². The van der Waals surface area contributed by atoms with Crippen molar-refractivity contribution in [3.63, 3.8) is 0 Å². The fraction of sp³-hybridized carbons (Fsp3) is 0.167. The Morgan fingerprint density at radius 3 is 1.64 bits per heavy atom. The molecule has 0 bridgehead atoms. The van der Waals surface area contributed by atoms with E-state index in [2.05, 4.69) is 30.6 Å². The average molecular weight is 678 g/mol. The molecule has 6 rings (SSSR count). The molecule has 0 fully saturated rings. The lowest BCUT2D eigenvalue weighted by Crippen LogP contribution is -2.15. The van der Waals surface area contributed by atoms with Crippen LogP contribution >= 0.6 is 0 Å². The van der Waals surface area contributed by atoms with Crippen molar-refractivity contribution >= 4 is 50.4 Å². The van der Waals surface area contributed by atoms with E-state index in [1.807, 2.05) is 30.3 Å². The summed E-state index contributed by atoms with van der Waals surface area (Å²) in [4.78, 5) is 40.9. The number of carbonyl (C=O) groups excluding carboxylic acids is 2. The number of nitrogens with one attached hydrogen (secondary N) is 2. The van der Waals surface area contributed by atoms with Gasteiger partial charge in [-0.1, -0.05) is 0 Å². The van der Waals surface area contributed by atoms with Crippen molar-refractivity contribution in [2.24, 2.45) is 0 Å². The highest BCUT2D eigenvalue weighted by Gasteiger charge is 2.14. The SMILES string of the molecule is COCCOc1nccc2cc(NC(=O)c3ncccc3N)ccc12.COCCOc1nccc2cc(NC(=O)c3ncccc3O)ccc12. The summed E-state index contributed by atoms with van der Waals surface area (Å²) in [6, 6.07) is 20.8. The molecule has 5 N–H and O–H groups in total. The molecule has 0 radical (unpaired) electrons. The zero-order valence-corrected chi connectivity index (χ0v) is 27.3. The summed E-state index contributed by atoms with van der Waals surface area (Å²) in [6.45, 7) is 1.78. The third-order valence-electron chi connectivity index (χ3n) is 7.08. The minimum atomic E-state index is -0.483. The molecule has 0 atom stereocenters. The molecule has 0 spiro atoms. The van der Waals surface area contributed by atoms with Gasteiger partial charge in [0.2, 0.25) is 11.8 Å². The Hall–Kier alpha value is -6.38. The van der Waals surface area contributed by atoms with Gasteiger partial charge in [0, 0.05) is 61.2 Å². The highest BCUT2D eigenvalue weighted by Crippen LogP contribution is 2.28. The minimum absolute atomic E-state index is 0.0269. The van der Waals surface area contributed by atoms with Gasteiger partial charge in [-0.2, -0.15) is 0 Å². The van der Waals surface area contributed by atoms with Crippen LogP contribution in [-0.4, -0.2) is 77.5 Å². The monoisotopic (exact) mass is 677 g/mol. The molecule has 2 aromatic carbocycles. The number of fused-ring (bicyclic) bond motifs is 2. The van der Waals surface area contributed by atoms with E-state index in [9.17, 15) is 14.7 Å². The topological polar surface area (TPSA) is 193 Å². The first-order chi connectivity index (χ1) is 24.4. The molecule has 50 heavy (non-hydrogen) atoms. The van der Waals surface area contributed by atoms with Crippen LogP contribution in [0.4, 0.5) is 17.1 Å². The van der Waals surface area contributed by atoms with Crippen molar-refractivity contribution in [2.75, 3.05) is 57.0 Å². The van der Waals surface area contributed by atoms with E-state index in [-0.39, 0.29) is 23.0 Å². The number of nitrogens with two attached hydrogens (primary N) is 1. The lowest BCUT2D eigenvalue weighted by Gasteiger charge is -2.10. The molecular formula is C36H35N7O7. The third kappa shape index (κ3) is 8.94. The summed E-state index contributed by atoms with van der Waals surface area (Å²) >= 11 is 0. The van der Waals surface area contributed by atoms with Crippen LogP contribution in [0.1, 0.15) is 21.0 Å². The Labute approximate surface area is 287 Å². The number of hydrogen-bond acceptors (Lipinski definition) is 12. The molecule has 4 aromatic heterocycles. The molecule has 0 saturated heterocycles. The Bertz CT molecular complexity index is 1950. The van der Waals surface area contributed by atoms with Gasteiger partial charge in [-0.3, -0.25) is 9.59 Å². The molecule has 14 nitrogen and oxygen atoms in total. The zero-order chi connectivity index (χ0) is 35.3. The van der Waals surface area contributed by atoms with E-state index < -0.39 is 5.91 Å². The second-order valence-corrected chi connectivity index (χ2v) is 10.5. The van der Waals surface area contributed by atoms with Crippen LogP contribution in [0.5, 0.6) is 17.5 Å². The first-order valence-electron chi connectivity index (χ1n) is 15.4. The number of benzene rings is 2. The smallest absolute Gasteiger partial charge is 0.278 e. The summed E-state index contributed by atoms with van der Waals surface area (Å²) < 4.78 is 21.2. The van der Waals surface area contributed by atoms with E-state index in [1.165, 1.54) is 18.5 Å². The van der Waals surface area contributed by atoms with Crippen LogP contribution in [0, 0.1) is 0 Å². The summed E-state index contributed by atoms with van der Waals surface area (Å²) in [6.07, 6.45) is 6.28. The Balaban J connectivity index is 0.000000194. The predicted molar refractivity (Wildman–Crippen MR) is 189 cm³/mol. The maximum atomic E-state index is 12.3. The van der Waals surface area contributed by atoms with Crippen LogP contribution in [0.15, 0.2) is 97.6 Å². The standard InChI is InChI=1S/C18H18N4O3.C18H17N3O4/c1-24-9-10-25-18-14-5-4-13(11-12(14)6-8-21-18)22-17(23)16-15(19)3-2-7-20-16;1-24-9-10-25-18-14-5-4-13(11-12(14)6-8-20-18)21-17(23)16-15(22)3-2-7-19-16/h2-8,11H,9-10,19H2,1H3,(H,22,23);2-8,11,22H,9-10H2,1H3,(H,21,23). The first kappa shape index (κ1) is 34.9. The molecule has 2 amide bonds. The second kappa shape index (κ2) is 17.1. The lowest BCUT2D eigenvalue weighted by molar-refractivity contribution is 0.101. The van der Waals surface area contributed by atoms with Gasteiger partial charge in [-0.25, -0.2) is 19.9 Å². The molecule has 256 valence electrons. The van der Waals surface area contributed by atoms with Crippen molar-refractivity contribution in [3.8, 4) is 17.5 Å². The molecule has 0 saturated carbocycles. The minimum Gasteiger partial charge on any atom is -0.505 e. The molecule has 0 aliphatic rings. The maximum absolute atomic E-state index is 12.3. The molecular weight excluding hydrogens is 642 g/mol. The highest BCUT2D eigenvalue weighted by molar-refractivity contribution is 6.07. The van der Waals surface area contributed by atoms with Gasteiger partial charge in [0.1, 0.15) is 19.0 Å². The Kier molecular flexibility index (Phi) is 12.0. The normalized spacial score (nSPS) is 10.6. The molecule has 0 aliphatic carbocycles. The van der Waals surface area contributed by atoms with Gasteiger partial charge in [0.05, 0.1) is 18.9 Å². The number of hydrogen-bond donors (Lipinski definition) is 4. The average Bonchev–Trinajstić information content (AvgIpc) is 3.12. The summed E-state index contributed by atoms with van der Waals surface area (Å²) in [5.41, 5.74) is 7.50. The Morgan fingerprint density at radius 2 is 1.14 bits per heavy atom. The number of aromatic hydroxyl groups is 1. The number of pyridine rings is 4. The predicted octanol–water partition coefficient (Wildman–Crippen LogP) is 5.10. The number of anilines is 3. The number of carbonyl (C=O) groups is 2. The van der Waals surface area contributed by atoms with E-state index in [0.29, 0.717) is 55.2 Å². The van der Waals surface area contributed by atoms with Crippen molar-refractivity contribution in [3.05, 3.63) is 109 Å². The van der Waals surface area contributed by atoms with Crippen molar-refractivity contribution in [1.82, 2.24) is 19.9 Å². The largest absolute Gasteiger partial charge is 0.505 e. The van der Waals surface area contributed by atoms with Crippen LogP contribution in [0.25, 0.3) is 21.5 Å². The van der Waals surface area contributed by atoms with Gasteiger partial charge in [0.15, 0.2) is 11.4 Å². The molecule has 0 aliphatic heterocycles.